The maximum atomic E-state index is 13.0. The number of allylic oxidation sites excluding steroid dienone is 1. The molecule has 0 atom stereocenters. The molecular weight excluding hydrogens is 357 g/mol. The first-order valence-electron chi connectivity index (χ1n) is 7.87. The van der Waals surface area contributed by atoms with Crippen LogP contribution in [0.1, 0.15) is 31.8 Å². The largest absolute Gasteiger partial charge is 0.369 e. The van der Waals surface area contributed by atoms with Crippen LogP contribution in [0.2, 0.25) is 0 Å². The molecule has 0 unspecified atom stereocenters. The Kier molecular flexibility index (Phi) is 8.04. The van der Waals surface area contributed by atoms with Gasteiger partial charge < -0.3 is 10.6 Å². The monoisotopic (exact) mass is 381 g/mol. The Bertz CT molecular complexity index is 741. The fourth-order valence-corrected chi connectivity index (χ4v) is 2.55. The number of nitrogens with one attached hydrogen (secondary N) is 1. The molecular formula is C16H24FN7OS. The SMILES string of the molecule is C=CN=C(CC(N)=O)N(C)n1c(/C=C\C)nc(CC)c1N(C)C(=N)SF. The quantitative estimate of drug-likeness (QED) is 0.558. The second kappa shape index (κ2) is 9.76. The predicted molar refractivity (Wildman–Crippen MR) is 107 cm³/mol. The van der Waals surface area contributed by atoms with Gasteiger partial charge in [-0.25, -0.2) is 14.7 Å². The van der Waals surface area contributed by atoms with Crippen molar-refractivity contribution in [3.05, 3.63) is 30.4 Å². The van der Waals surface area contributed by atoms with Crippen LogP contribution in [0.5, 0.6) is 0 Å². The number of hydrogen-bond acceptors (Lipinski definition) is 5. The summed E-state index contributed by atoms with van der Waals surface area (Å²) in [6.07, 6.45) is 5.35. The predicted octanol–water partition coefficient (Wildman–Crippen LogP) is 2.45. The van der Waals surface area contributed by atoms with E-state index in [1.54, 1.807) is 29.9 Å². The number of anilines is 1. The van der Waals surface area contributed by atoms with Crippen molar-refractivity contribution in [2.75, 3.05) is 24.0 Å². The Morgan fingerprint density at radius 3 is 2.65 bits per heavy atom. The van der Waals surface area contributed by atoms with E-state index in [9.17, 15) is 8.68 Å². The van der Waals surface area contributed by atoms with E-state index < -0.39 is 5.91 Å². The van der Waals surface area contributed by atoms with Crippen LogP contribution in [0.4, 0.5) is 9.70 Å². The number of rotatable bonds is 7. The smallest absolute Gasteiger partial charge is 0.225 e. The number of imidazole rings is 1. The molecule has 3 N–H and O–H groups in total. The standard InChI is InChI=1S/C16H24FN7OS/c1-6-9-13-21-11(7-2)15(22(4)16(19)26-17)24(13)23(5)14(20-8-3)10-12(18)25/h6,8-9,19H,3,7,10H2,1-2,4-5H3,(H2,18,25)/b9-6-,19-16?,20-14?. The molecule has 0 radical (unpaired) electrons. The highest BCUT2D eigenvalue weighted by Crippen LogP contribution is 2.26. The van der Waals surface area contributed by atoms with Crippen molar-refractivity contribution in [2.24, 2.45) is 10.7 Å². The molecule has 0 aliphatic rings. The summed E-state index contributed by atoms with van der Waals surface area (Å²) in [5.41, 5.74) is 5.99. The number of amides is 1. The Labute approximate surface area is 157 Å². The average Bonchev–Trinajstić information content (AvgIpc) is 2.97. The third kappa shape index (κ3) is 4.72. The molecule has 10 heteroatoms. The van der Waals surface area contributed by atoms with Crippen molar-refractivity contribution in [1.29, 1.82) is 5.41 Å². The van der Waals surface area contributed by atoms with Crippen LogP contribution in [-0.2, 0) is 11.2 Å². The molecule has 8 nitrogen and oxygen atoms in total. The van der Waals surface area contributed by atoms with Gasteiger partial charge in [-0.2, -0.15) is 3.89 Å². The molecule has 1 aromatic rings. The lowest BCUT2D eigenvalue weighted by molar-refractivity contribution is -0.116. The summed E-state index contributed by atoms with van der Waals surface area (Å²) in [6, 6.07) is 0. The van der Waals surface area contributed by atoms with Gasteiger partial charge in [-0.3, -0.25) is 15.2 Å². The summed E-state index contributed by atoms with van der Waals surface area (Å²) in [7, 11) is 3.26. The zero-order chi connectivity index (χ0) is 19.9. The summed E-state index contributed by atoms with van der Waals surface area (Å²) in [4.78, 5) is 21.5. The van der Waals surface area contributed by atoms with E-state index in [4.69, 9.17) is 11.1 Å². The Morgan fingerprint density at radius 1 is 1.54 bits per heavy atom. The summed E-state index contributed by atoms with van der Waals surface area (Å²) < 4.78 is 14.7. The zero-order valence-corrected chi connectivity index (χ0v) is 16.2. The molecule has 0 bridgehead atoms. The first-order valence-corrected chi connectivity index (χ1v) is 8.58. The second-order valence-corrected chi connectivity index (χ2v) is 5.78. The topological polar surface area (TPSA) is 104 Å². The van der Waals surface area contributed by atoms with Gasteiger partial charge in [0.2, 0.25) is 5.91 Å². The van der Waals surface area contributed by atoms with Crippen molar-refractivity contribution in [3.63, 3.8) is 0 Å². The highest BCUT2D eigenvalue weighted by molar-refractivity contribution is 8.09. The van der Waals surface area contributed by atoms with E-state index in [0.29, 0.717) is 29.6 Å². The summed E-state index contributed by atoms with van der Waals surface area (Å²) in [5.74, 6) is 0.835. The number of nitrogens with two attached hydrogens (primary N) is 1. The summed E-state index contributed by atoms with van der Waals surface area (Å²) in [5, 5.41) is 9.12. The van der Waals surface area contributed by atoms with Crippen molar-refractivity contribution in [2.45, 2.75) is 26.7 Å². The van der Waals surface area contributed by atoms with Gasteiger partial charge in [0.05, 0.1) is 12.1 Å². The van der Waals surface area contributed by atoms with Crippen LogP contribution < -0.4 is 15.6 Å². The van der Waals surface area contributed by atoms with E-state index in [1.807, 2.05) is 19.9 Å². The Balaban J connectivity index is 3.66. The number of carbonyl (C=O) groups excluding carboxylic acids is 1. The molecule has 1 amide bonds. The summed E-state index contributed by atoms with van der Waals surface area (Å²) in [6.45, 7) is 7.32. The molecule has 0 aliphatic carbocycles. The fourth-order valence-electron chi connectivity index (χ4n) is 2.36. The van der Waals surface area contributed by atoms with Crippen molar-refractivity contribution >= 4 is 41.0 Å². The van der Waals surface area contributed by atoms with Gasteiger partial charge in [-0.1, -0.05) is 19.6 Å². The zero-order valence-electron chi connectivity index (χ0n) is 15.4. The lowest BCUT2D eigenvalue weighted by Gasteiger charge is -2.28. The minimum Gasteiger partial charge on any atom is -0.369 e. The van der Waals surface area contributed by atoms with Crippen LogP contribution in [0, 0.1) is 5.41 Å². The first-order chi connectivity index (χ1) is 12.3. The Hall–Kier alpha value is -2.62. The minimum atomic E-state index is -0.553. The molecule has 0 aliphatic heterocycles. The number of primary amides is 1. The lowest BCUT2D eigenvalue weighted by atomic mass is 10.3. The second-order valence-electron chi connectivity index (χ2n) is 5.24. The van der Waals surface area contributed by atoms with Crippen LogP contribution in [-0.4, -0.2) is 40.7 Å². The fraction of sp³-hybridized carbons (Fsp3) is 0.375. The van der Waals surface area contributed by atoms with Crippen LogP contribution in [0.25, 0.3) is 6.08 Å². The van der Waals surface area contributed by atoms with Gasteiger partial charge in [0, 0.05) is 20.3 Å². The first kappa shape index (κ1) is 21.4. The Morgan fingerprint density at radius 2 is 2.19 bits per heavy atom. The van der Waals surface area contributed by atoms with E-state index >= 15 is 0 Å². The van der Waals surface area contributed by atoms with E-state index in [2.05, 4.69) is 16.6 Å². The highest BCUT2D eigenvalue weighted by atomic mass is 32.2. The number of aryl methyl sites for hydroxylation is 1. The number of carbonyl (C=O) groups is 1. The lowest BCUT2D eigenvalue weighted by Crippen LogP contribution is -2.42. The molecule has 0 saturated carbocycles. The van der Waals surface area contributed by atoms with Gasteiger partial charge in [-0.15, -0.1) is 0 Å². The van der Waals surface area contributed by atoms with Gasteiger partial charge in [0.15, 0.2) is 16.8 Å². The number of nitrogens with zero attached hydrogens (tertiary/aromatic N) is 5. The van der Waals surface area contributed by atoms with Crippen LogP contribution >= 0.6 is 12.1 Å². The molecule has 26 heavy (non-hydrogen) atoms. The summed E-state index contributed by atoms with van der Waals surface area (Å²) >= 11 is -0.170. The number of aliphatic imine (C=N–C) groups is 1. The van der Waals surface area contributed by atoms with Crippen LogP contribution in [0.15, 0.2) is 23.8 Å². The van der Waals surface area contributed by atoms with Gasteiger partial charge in [0.1, 0.15) is 18.0 Å². The van der Waals surface area contributed by atoms with E-state index in [0.717, 1.165) is 0 Å². The third-order valence-corrected chi connectivity index (χ3v) is 3.94. The molecule has 1 heterocycles. The van der Waals surface area contributed by atoms with Gasteiger partial charge in [-0.05, 0) is 19.4 Å². The number of aromatic nitrogens is 2. The van der Waals surface area contributed by atoms with Crippen molar-refractivity contribution in [1.82, 2.24) is 9.66 Å². The van der Waals surface area contributed by atoms with E-state index in [-0.39, 0.29) is 23.7 Å². The normalized spacial score (nSPS) is 11.7. The molecule has 1 aromatic heterocycles. The molecule has 0 spiro atoms. The molecule has 0 aromatic carbocycles. The third-order valence-electron chi connectivity index (χ3n) is 3.52. The maximum Gasteiger partial charge on any atom is 0.225 e. The van der Waals surface area contributed by atoms with E-state index in [1.165, 1.54) is 11.1 Å². The maximum absolute atomic E-state index is 13.0. The number of hydrogen-bond donors (Lipinski definition) is 2. The molecule has 0 saturated heterocycles. The van der Waals surface area contributed by atoms with Gasteiger partial charge >= 0.3 is 0 Å². The molecule has 142 valence electrons. The van der Waals surface area contributed by atoms with Gasteiger partial charge in [0.25, 0.3) is 0 Å². The molecule has 1 rings (SSSR count). The van der Waals surface area contributed by atoms with Crippen LogP contribution in [0.3, 0.4) is 0 Å². The van der Waals surface area contributed by atoms with Crippen molar-refractivity contribution in [3.8, 4) is 0 Å². The number of amidine groups is 2. The molecule has 0 fully saturated rings. The minimum absolute atomic E-state index is 0.115. The van der Waals surface area contributed by atoms with Crippen molar-refractivity contribution < 1.29 is 8.68 Å². The average molecular weight is 381 g/mol. The number of halogens is 1. The highest BCUT2D eigenvalue weighted by Gasteiger charge is 2.25.